The summed E-state index contributed by atoms with van der Waals surface area (Å²) in [6.07, 6.45) is 2.19. The van der Waals surface area contributed by atoms with Crippen molar-refractivity contribution in [3.63, 3.8) is 0 Å². The van der Waals surface area contributed by atoms with Gasteiger partial charge in [0.15, 0.2) is 0 Å². The van der Waals surface area contributed by atoms with Gasteiger partial charge in [-0.25, -0.2) is 9.97 Å². The highest BCUT2D eigenvalue weighted by Gasteiger charge is 2.18. The molecule has 0 spiro atoms. The van der Waals surface area contributed by atoms with Gasteiger partial charge in [0.2, 0.25) is 0 Å². The van der Waals surface area contributed by atoms with Crippen molar-refractivity contribution < 1.29 is 5.11 Å². The number of benzene rings is 1. The van der Waals surface area contributed by atoms with Crippen LogP contribution in [-0.2, 0) is 13.0 Å². The van der Waals surface area contributed by atoms with Crippen molar-refractivity contribution in [3.8, 4) is 0 Å². The maximum absolute atomic E-state index is 10.4. The Kier molecular flexibility index (Phi) is 4.42. The van der Waals surface area contributed by atoms with Crippen LogP contribution in [0.3, 0.4) is 0 Å². The van der Waals surface area contributed by atoms with Crippen molar-refractivity contribution in [1.29, 1.82) is 0 Å². The number of fused-ring (bicyclic) bond motifs is 2. The van der Waals surface area contributed by atoms with Crippen molar-refractivity contribution in [2.75, 3.05) is 25.0 Å². The molecule has 24 heavy (non-hydrogen) atoms. The molecule has 5 nitrogen and oxygen atoms in total. The monoisotopic (exact) mass is 340 g/mol. The van der Waals surface area contributed by atoms with Gasteiger partial charge < -0.3 is 10.4 Å². The third kappa shape index (κ3) is 3.26. The Morgan fingerprint density at radius 2 is 2.08 bits per heavy atom. The molecular weight excluding hydrogens is 320 g/mol. The van der Waals surface area contributed by atoms with Gasteiger partial charge in [-0.3, -0.25) is 4.90 Å². The Hall–Kier alpha value is -2.02. The van der Waals surface area contributed by atoms with Crippen molar-refractivity contribution >= 4 is 27.4 Å². The summed E-state index contributed by atoms with van der Waals surface area (Å²) in [4.78, 5) is 11.8. The summed E-state index contributed by atoms with van der Waals surface area (Å²) < 4.78 is 0. The Balaban J connectivity index is 1.34. The van der Waals surface area contributed by atoms with E-state index in [2.05, 4.69) is 44.5 Å². The van der Waals surface area contributed by atoms with E-state index >= 15 is 0 Å². The number of rotatable bonds is 5. The lowest BCUT2D eigenvalue weighted by atomic mass is 10.00. The molecule has 2 N–H and O–H groups in total. The lowest BCUT2D eigenvalue weighted by Gasteiger charge is -2.30. The van der Waals surface area contributed by atoms with Gasteiger partial charge in [0.05, 0.1) is 11.5 Å². The summed E-state index contributed by atoms with van der Waals surface area (Å²) in [5, 5.41) is 16.7. The SMILES string of the molecule is O[C@@H](CNc1ncnc2sccc12)CN1CCc2ccccc2C1. The minimum absolute atomic E-state index is 0.432. The van der Waals surface area contributed by atoms with Crippen LogP contribution >= 0.6 is 11.3 Å². The second-order valence-corrected chi connectivity index (χ2v) is 7.04. The van der Waals surface area contributed by atoms with E-state index in [1.54, 1.807) is 17.7 Å². The maximum Gasteiger partial charge on any atom is 0.138 e. The second kappa shape index (κ2) is 6.84. The van der Waals surface area contributed by atoms with Crippen LogP contribution in [0.2, 0.25) is 0 Å². The van der Waals surface area contributed by atoms with Crippen LogP contribution in [-0.4, -0.2) is 45.7 Å². The molecule has 1 aliphatic heterocycles. The third-order valence-corrected chi connectivity index (χ3v) is 5.27. The van der Waals surface area contributed by atoms with Crippen LogP contribution in [0.4, 0.5) is 5.82 Å². The van der Waals surface area contributed by atoms with Gasteiger partial charge in [-0.05, 0) is 29.0 Å². The van der Waals surface area contributed by atoms with Crippen molar-refractivity contribution in [2.45, 2.75) is 19.1 Å². The van der Waals surface area contributed by atoms with Gasteiger partial charge in [0.1, 0.15) is 17.0 Å². The molecule has 1 aliphatic rings. The standard InChI is InChI=1S/C18H20N4OS/c23-15(9-19-17-16-6-8-24-18(16)21-12-20-17)11-22-7-5-13-3-1-2-4-14(13)10-22/h1-4,6,8,12,15,23H,5,7,9-11H2,(H,19,20,21)/t15-/m0/s1. The molecule has 3 aromatic rings. The molecule has 6 heteroatoms. The summed E-state index contributed by atoms with van der Waals surface area (Å²) in [6, 6.07) is 10.6. The fourth-order valence-corrected chi connectivity index (χ4v) is 3.95. The minimum atomic E-state index is -0.432. The normalized spacial score (nSPS) is 16.0. The average molecular weight is 340 g/mol. The predicted molar refractivity (Wildman–Crippen MR) is 97.3 cm³/mol. The largest absolute Gasteiger partial charge is 0.390 e. The maximum atomic E-state index is 10.4. The number of β-amino-alcohol motifs (C(OH)–C–C–N with tert-alkyl or cyclic N) is 1. The van der Waals surface area contributed by atoms with E-state index < -0.39 is 6.10 Å². The molecule has 2 aromatic heterocycles. The predicted octanol–water partition coefficient (Wildman–Crippen LogP) is 2.52. The summed E-state index contributed by atoms with van der Waals surface area (Å²) in [7, 11) is 0. The van der Waals surface area contributed by atoms with Crippen LogP contribution in [0, 0.1) is 0 Å². The lowest BCUT2D eigenvalue weighted by Crippen LogP contribution is -2.39. The van der Waals surface area contributed by atoms with Gasteiger partial charge in [-0.1, -0.05) is 24.3 Å². The highest BCUT2D eigenvalue weighted by atomic mass is 32.1. The number of aliphatic hydroxyl groups is 1. The quantitative estimate of drug-likeness (QED) is 0.747. The number of nitrogens with one attached hydrogen (secondary N) is 1. The first-order valence-electron chi connectivity index (χ1n) is 8.19. The zero-order chi connectivity index (χ0) is 16.4. The van der Waals surface area contributed by atoms with E-state index in [4.69, 9.17) is 0 Å². The van der Waals surface area contributed by atoms with E-state index in [1.807, 2.05) is 11.4 Å². The van der Waals surface area contributed by atoms with Crippen LogP contribution in [0.5, 0.6) is 0 Å². The molecule has 3 heterocycles. The highest BCUT2D eigenvalue weighted by Crippen LogP contribution is 2.23. The van der Waals surface area contributed by atoms with Gasteiger partial charge in [0, 0.05) is 26.2 Å². The molecular formula is C18H20N4OS. The second-order valence-electron chi connectivity index (χ2n) is 6.15. The first-order valence-corrected chi connectivity index (χ1v) is 9.07. The number of thiophene rings is 1. The van der Waals surface area contributed by atoms with Crippen LogP contribution in [0.25, 0.3) is 10.2 Å². The molecule has 0 amide bonds. The zero-order valence-electron chi connectivity index (χ0n) is 13.4. The van der Waals surface area contributed by atoms with Crippen molar-refractivity contribution in [2.24, 2.45) is 0 Å². The zero-order valence-corrected chi connectivity index (χ0v) is 14.2. The lowest BCUT2D eigenvalue weighted by molar-refractivity contribution is 0.114. The Labute approximate surface area is 145 Å². The molecule has 0 aliphatic carbocycles. The summed E-state index contributed by atoms with van der Waals surface area (Å²) in [6.45, 7) is 3.06. The number of hydrogen-bond donors (Lipinski definition) is 2. The first-order chi connectivity index (χ1) is 11.8. The molecule has 0 radical (unpaired) electrons. The molecule has 0 saturated carbocycles. The fraction of sp³-hybridized carbons (Fsp3) is 0.333. The molecule has 124 valence electrons. The van der Waals surface area contributed by atoms with E-state index in [0.29, 0.717) is 13.1 Å². The highest BCUT2D eigenvalue weighted by molar-refractivity contribution is 7.16. The Morgan fingerprint density at radius 3 is 3.00 bits per heavy atom. The van der Waals surface area contributed by atoms with Gasteiger partial charge >= 0.3 is 0 Å². The summed E-state index contributed by atoms with van der Waals surface area (Å²) >= 11 is 1.60. The molecule has 0 saturated heterocycles. The number of anilines is 1. The van der Waals surface area contributed by atoms with Gasteiger partial charge in [-0.15, -0.1) is 11.3 Å². The average Bonchev–Trinajstić information content (AvgIpc) is 3.09. The fourth-order valence-electron chi connectivity index (χ4n) is 3.22. The number of aromatic nitrogens is 2. The van der Waals surface area contributed by atoms with Gasteiger partial charge in [-0.2, -0.15) is 0 Å². The van der Waals surface area contributed by atoms with Crippen molar-refractivity contribution in [1.82, 2.24) is 14.9 Å². The molecule has 0 fully saturated rings. The van der Waals surface area contributed by atoms with Gasteiger partial charge in [0.25, 0.3) is 0 Å². The molecule has 1 aromatic carbocycles. The van der Waals surface area contributed by atoms with Crippen LogP contribution in [0.15, 0.2) is 42.0 Å². The Morgan fingerprint density at radius 1 is 1.21 bits per heavy atom. The molecule has 4 rings (SSSR count). The Bertz CT molecular complexity index is 835. The van der Waals surface area contributed by atoms with Crippen LogP contribution < -0.4 is 5.32 Å². The smallest absolute Gasteiger partial charge is 0.138 e. The topological polar surface area (TPSA) is 61.3 Å². The van der Waals surface area contributed by atoms with E-state index in [1.165, 1.54) is 11.1 Å². The minimum Gasteiger partial charge on any atom is -0.390 e. The number of aliphatic hydroxyl groups excluding tert-OH is 1. The van der Waals surface area contributed by atoms with E-state index in [9.17, 15) is 5.11 Å². The molecule has 0 unspecified atom stereocenters. The van der Waals surface area contributed by atoms with Crippen LogP contribution in [0.1, 0.15) is 11.1 Å². The van der Waals surface area contributed by atoms with E-state index in [-0.39, 0.29) is 0 Å². The summed E-state index contributed by atoms with van der Waals surface area (Å²) in [5.41, 5.74) is 2.81. The van der Waals surface area contributed by atoms with Crippen molar-refractivity contribution in [3.05, 3.63) is 53.2 Å². The van der Waals surface area contributed by atoms with E-state index in [0.717, 1.165) is 35.5 Å². The first kappa shape index (κ1) is 15.5. The molecule has 0 bridgehead atoms. The molecule has 1 atom stereocenters. The number of nitrogens with zero attached hydrogens (tertiary/aromatic N) is 3. The number of hydrogen-bond acceptors (Lipinski definition) is 6. The summed E-state index contributed by atoms with van der Waals surface area (Å²) in [5.74, 6) is 0.796. The third-order valence-electron chi connectivity index (χ3n) is 4.45.